The molecule has 27 heavy (non-hydrogen) atoms. The van der Waals surface area contributed by atoms with Crippen LogP contribution in [0.1, 0.15) is 53.9 Å². The van der Waals surface area contributed by atoms with Gasteiger partial charge in [-0.2, -0.15) is 0 Å². The van der Waals surface area contributed by atoms with Gasteiger partial charge in [-0.1, -0.05) is 39.3 Å². The summed E-state index contributed by atoms with van der Waals surface area (Å²) in [5, 5.41) is 12.0. The Labute approximate surface area is 160 Å². The minimum atomic E-state index is -0.974. The molecular weight excluding hydrogens is 350 g/mol. The van der Waals surface area contributed by atoms with Gasteiger partial charge in [-0.15, -0.1) is 0 Å². The summed E-state index contributed by atoms with van der Waals surface area (Å²) in [6.45, 7) is 9.28. The number of carbonyl (C=O) groups excluding carboxylic acids is 2. The molecule has 1 saturated carbocycles. The third-order valence-corrected chi connectivity index (χ3v) is 5.49. The highest BCUT2D eigenvalue weighted by Gasteiger charge is 2.55. The van der Waals surface area contributed by atoms with E-state index in [4.69, 9.17) is 9.47 Å². The van der Waals surface area contributed by atoms with Gasteiger partial charge in [0, 0.05) is 17.9 Å². The first-order chi connectivity index (χ1) is 12.5. The maximum absolute atomic E-state index is 12.3. The first-order valence-electron chi connectivity index (χ1n) is 9.58. The molecule has 7 nitrogen and oxygen atoms in total. The van der Waals surface area contributed by atoms with Crippen molar-refractivity contribution in [2.75, 3.05) is 6.54 Å². The number of fused-ring (bicyclic) bond motifs is 1. The molecule has 152 valence electrons. The van der Waals surface area contributed by atoms with Crippen molar-refractivity contribution in [1.82, 2.24) is 5.32 Å². The van der Waals surface area contributed by atoms with Crippen molar-refractivity contribution >= 4 is 18.0 Å². The summed E-state index contributed by atoms with van der Waals surface area (Å²) in [5.41, 5.74) is 0.801. The van der Waals surface area contributed by atoms with Crippen molar-refractivity contribution in [2.24, 2.45) is 29.1 Å². The van der Waals surface area contributed by atoms with Gasteiger partial charge in [-0.25, -0.2) is 4.79 Å². The number of alkyl carbamates (subject to hydrolysis) is 1. The topological polar surface area (TPSA) is 102 Å². The zero-order valence-corrected chi connectivity index (χ0v) is 16.8. The van der Waals surface area contributed by atoms with Crippen molar-refractivity contribution in [2.45, 2.75) is 60.2 Å². The number of amides is 1. The van der Waals surface area contributed by atoms with Crippen molar-refractivity contribution in [3.63, 3.8) is 0 Å². The van der Waals surface area contributed by atoms with E-state index in [9.17, 15) is 19.5 Å². The minimum Gasteiger partial charge on any atom is -0.481 e. The van der Waals surface area contributed by atoms with Crippen LogP contribution in [0.3, 0.4) is 0 Å². The summed E-state index contributed by atoms with van der Waals surface area (Å²) in [6, 6.07) is 0. The molecule has 2 rings (SSSR count). The van der Waals surface area contributed by atoms with E-state index in [0.29, 0.717) is 5.92 Å². The number of esters is 1. The Morgan fingerprint density at radius 3 is 2.44 bits per heavy atom. The second-order valence-electron chi connectivity index (χ2n) is 8.60. The van der Waals surface area contributed by atoms with Crippen molar-refractivity contribution in [3.05, 3.63) is 11.6 Å². The molecule has 0 aromatic heterocycles. The van der Waals surface area contributed by atoms with E-state index in [1.807, 2.05) is 0 Å². The summed E-state index contributed by atoms with van der Waals surface area (Å²) < 4.78 is 10.5. The zero-order valence-electron chi connectivity index (χ0n) is 16.8. The summed E-state index contributed by atoms with van der Waals surface area (Å²) in [7, 11) is 0. The van der Waals surface area contributed by atoms with Crippen LogP contribution < -0.4 is 5.32 Å². The Bertz CT molecular complexity index is 626. The van der Waals surface area contributed by atoms with Gasteiger partial charge >= 0.3 is 18.0 Å². The highest BCUT2D eigenvalue weighted by atomic mass is 16.7. The lowest BCUT2D eigenvalue weighted by atomic mass is 9.53. The highest BCUT2D eigenvalue weighted by molar-refractivity contribution is 5.72. The molecule has 0 unspecified atom stereocenters. The third-order valence-electron chi connectivity index (χ3n) is 5.49. The van der Waals surface area contributed by atoms with Gasteiger partial charge in [0.25, 0.3) is 6.29 Å². The number of allylic oxidation sites excluding steroid dienone is 2. The number of ether oxygens (including phenoxy) is 2. The molecule has 0 spiro atoms. The molecule has 2 aliphatic rings. The third kappa shape index (κ3) is 5.02. The van der Waals surface area contributed by atoms with Crippen LogP contribution in [-0.2, 0) is 19.1 Å². The average molecular weight is 381 g/mol. The second kappa shape index (κ2) is 8.31. The number of carboxylic acid groups (broad SMARTS) is 1. The molecule has 0 bridgehead atoms. The smallest absolute Gasteiger partial charge is 0.410 e. The molecule has 0 aliphatic heterocycles. The second-order valence-corrected chi connectivity index (χ2v) is 8.60. The number of nitrogens with one attached hydrogen (secondary N) is 1. The van der Waals surface area contributed by atoms with E-state index in [1.54, 1.807) is 27.7 Å². The zero-order chi connectivity index (χ0) is 20.4. The Balaban J connectivity index is 1.95. The van der Waals surface area contributed by atoms with E-state index in [-0.39, 0.29) is 30.7 Å². The minimum absolute atomic E-state index is 0.00811. The van der Waals surface area contributed by atoms with Crippen LogP contribution in [0, 0.1) is 29.1 Å². The SMILES string of the molecule is CC1=C[C@H]2[C@@H](C1)C[C@@]2(CNC(=O)O[C@H](OC(=O)C(C)C)C(C)C)CC(=O)O. The van der Waals surface area contributed by atoms with E-state index in [0.717, 1.165) is 12.8 Å². The molecular formula is C20H31NO6. The van der Waals surface area contributed by atoms with E-state index < -0.39 is 29.7 Å². The molecule has 0 aromatic carbocycles. The standard InChI is InChI=1S/C20H31NO6/c1-11(2)17(24)26-18(12(3)4)27-19(25)21-10-20(9-16(22)23)8-14-6-13(5)7-15(14)20/h7,11-12,14-15,18H,6,8-10H2,1-5H3,(H,21,25)(H,22,23)/t14-,15-,18-,20-/m0/s1. The fourth-order valence-corrected chi connectivity index (χ4v) is 4.11. The van der Waals surface area contributed by atoms with Gasteiger partial charge in [0.2, 0.25) is 0 Å². The molecule has 7 heteroatoms. The lowest BCUT2D eigenvalue weighted by Gasteiger charge is -2.51. The van der Waals surface area contributed by atoms with Crippen LogP contribution in [0.15, 0.2) is 11.6 Å². The molecule has 2 N–H and O–H groups in total. The molecule has 4 atom stereocenters. The van der Waals surface area contributed by atoms with Gasteiger partial charge in [-0.05, 0) is 31.6 Å². The van der Waals surface area contributed by atoms with E-state index in [2.05, 4.69) is 18.3 Å². The van der Waals surface area contributed by atoms with Crippen LogP contribution in [0.25, 0.3) is 0 Å². The van der Waals surface area contributed by atoms with Crippen LogP contribution >= 0.6 is 0 Å². The molecule has 0 aromatic rings. The molecule has 0 radical (unpaired) electrons. The van der Waals surface area contributed by atoms with E-state index >= 15 is 0 Å². The molecule has 1 amide bonds. The highest BCUT2D eigenvalue weighted by Crippen LogP contribution is 2.59. The fraction of sp³-hybridized carbons (Fsp3) is 0.750. The number of aliphatic carboxylic acids is 1. The summed E-state index contributed by atoms with van der Waals surface area (Å²) in [5.74, 6) is -1.17. The van der Waals surface area contributed by atoms with Gasteiger partial charge < -0.3 is 19.9 Å². The first-order valence-corrected chi connectivity index (χ1v) is 9.58. The fourth-order valence-electron chi connectivity index (χ4n) is 4.11. The van der Waals surface area contributed by atoms with Crippen molar-refractivity contribution in [1.29, 1.82) is 0 Å². The van der Waals surface area contributed by atoms with E-state index in [1.165, 1.54) is 5.57 Å². The maximum atomic E-state index is 12.3. The van der Waals surface area contributed by atoms with Crippen molar-refractivity contribution < 1.29 is 29.0 Å². The molecule has 2 aliphatic carbocycles. The number of carbonyl (C=O) groups is 3. The predicted octanol–water partition coefficient (Wildman–Crippen LogP) is 3.34. The van der Waals surface area contributed by atoms with Crippen LogP contribution in [-0.4, -0.2) is 36.0 Å². The Morgan fingerprint density at radius 1 is 1.26 bits per heavy atom. The molecule has 0 heterocycles. The van der Waals surface area contributed by atoms with Crippen LogP contribution in [0.4, 0.5) is 4.79 Å². The van der Waals surface area contributed by atoms with Gasteiger partial charge in [0.05, 0.1) is 12.3 Å². The van der Waals surface area contributed by atoms with Crippen LogP contribution in [0.2, 0.25) is 0 Å². The maximum Gasteiger partial charge on any atom is 0.410 e. The molecule has 0 saturated heterocycles. The Morgan fingerprint density at radius 2 is 1.93 bits per heavy atom. The number of hydrogen-bond acceptors (Lipinski definition) is 5. The van der Waals surface area contributed by atoms with Crippen LogP contribution in [0.5, 0.6) is 0 Å². The Hall–Kier alpha value is -2.05. The first kappa shape index (κ1) is 21.3. The lowest BCUT2D eigenvalue weighted by Crippen LogP contribution is -2.53. The normalized spacial score (nSPS) is 27.4. The monoisotopic (exact) mass is 381 g/mol. The molecule has 1 fully saturated rings. The number of hydrogen-bond donors (Lipinski definition) is 2. The Kier molecular flexibility index (Phi) is 6.54. The average Bonchev–Trinajstić information content (AvgIpc) is 2.86. The van der Waals surface area contributed by atoms with Crippen molar-refractivity contribution in [3.8, 4) is 0 Å². The van der Waals surface area contributed by atoms with Gasteiger partial charge in [0.1, 0.15) is 0 Å². The lowest BCUT2D eigenvalue weighted by molar-refractivity contribution is -0.179. The summed E-state index contributed by atoms with van der Waals surface area (Å²) in [6.07, 6.45) is 2.25. The van der Waals surface area contributed by atoms with Gasteiger partial charge in [0.15, 0.2) is 0 Å². The summed E-state index contributed by atoms with van der Waals surface area (Å²) >= 11 is 0. The quantitative estimate of drug-likeness (QED) is 0.380. The predicted molar refractivity (Wildman–Crippen MR) is 98.7 cm³/mol. The van der Waals surface area contributed by atoms with Gasteiger partial charge in [-0.3, -0.25) is 9.59 Å². The number of rotatable bonds is 8. The number of carboxylic acids is 1. The summed E-state index contributed by atoms with van der Waals surface area (Å²) in [4.78, 5) is 35.4. The largest absolute Gasteiger partial charge is 0.481 e.